The summed E-state index contributed by atoms with van der Waals surface area (Å²) >= 11 is 0. The monoisotopic (exact) mass is 493 g/mol. The molecule has 3 N–H and O–H groups in total. The number of amides is 1. The van der Waals surface area contributed by atoms with Gasteiger partial charge in [-0.15, -0.1) is 0 Å². The van der Waals surface area contributed by atoms with E-state index in [0.29, 0.717) is 6.54 Å². The Bertz CT molecular complexity index is 1450. The van der Waals surface area contributed by atoms with Crippen molar-refractivity contribution in [3.63, 3.8) is 0 Å². The van der Waals surface area contributed by atoms with Crippen LogP contribution >= 0.6 is 0 Å². The smallest absolute Gasteiger partial charge is 0.251 e. The third kappa shape index (κ3) is 5.01. The fourth-order valence-electron chi connectivity index (χ4n) is 4.06. The lowest BCUT2D eigenvalue weighted by molar-refractivity contribution is 0.0952. The number of aromatic nitrogens is 1. The SMILES string of the molecule is CNS(=O)(=O)c1cc(C(=O)NCC(c2ccc(OC)cc2)c2c[nH]c3ccccc23)ccc1OC. The van der Waals surface area contributed by atoms with Gasteiger partial charge in [-0.05, 0) is 54.6 Å². The second-order valence-electron chi connectivity index (χ2n) is 7.90. The van der Waals surface area contributed by atoms with Gasteiger partial charge in [0, 0.05) is 35.1 Å². The molecule has 4 aromatic rings. The highest BCUT2D eigenvalue weighted by molar-refractivity contribution is 7.89. The first kappa shape index (κ1) is 24.3. The molecule has 1 unspecified atom stereocenters. The van der Waals surface area contributed by atoms with E-state index in [1.165, 1.54) is 32.4 Å². The van der Waals surface area contributed by atoms with Crippen molar-refractivity contribution < 1.29 is 22.7 Å². The normalized spacial score (nSPS) is 12.3. The van der Waals surface area contributed by atoms with E-state index in [0.717, 1.165) is 27.8 Å². The maximum atomic E-state index is 13.1. The molecule has 8 nitrogen and oxygen atoms in total. The average molecular weight is 494 g/mol. The number of carbonyl (C=O) groups excluding carboxylic acids is 1. The van der Waals surface area contributed by atoms with E-state index < -0.39 is 15.9 Å². The van der Waals surface area contributed by atoms with Crippen LogP contribution in [-0.4, -0.2) is 47.1 Å². The van der Waals surface area contributed by atoms with Gasteiger partial charge in [-0.25, -0.2) is 13.1 Å². The molecule has 0 aliphatic carbocycles. The molecule has 0 saturated carbocycles. The third-order valence-corrected chi connectivity index (χ3v) is 7.40. The van der Waals surface area contributed by atoms with Gasteiger partial charge in [0.1, 0.15) is 16.4 Å². The third-order valence-electron chi connectivity index (χ3n) is 5.97. The van der Waals surface area contributed by atoms with E-state index in [2.05, 4.69) is 15.0 Å². The standard InChI is InChI=1S/C26H27N3O5S/c1-27-35(31,32)25-14-18(10-13-24(25)34-3)26(30)29-15-21(17-8-11-19(33-2)12-9-17)22-16-28-23-7-5-4-6-20(22)23/h4-14,16,21,27-28H,15H2,1-3H3,(H,29,30). The number of fused-ring (bicyclic) bond motifs is 1. The van der Waals surface area contributed by atoms with Gasteiger partial charge < -0.3 is 19.8 Å². The van der Waals surface area contributed by atoms with Gasteiger partial charge in [0.15, 0.2) is 0 Å². The molecule has 1 aromatic heterocycles. The predicted octanol–water partition coefficient (Wildman–Crippen LogP) is 3.66. The van der Waals surface area contributed by atoms with Gasteiger partial charge in [0.05, 0.1) is 14.2 Å². The molecular formula is C26H27N3O5S. The fraction of sp³-hybridized carbons (Fsp3) is 0.192. The molecule has 0 spiro atoms. The van der Waals surface area contributed by atoms with Crippen LogP contribution in [0, 0.1) is 0 Å². The van der Waals surface area contributed by atoms with E-state index in [9.17, 15) is 13.2 Å². The number of ether oxygens (including phenoxy) is 2. The molecule has 0 aliphatic rings. The molecule has 0 fully saturated rings. The van der Waals surface area contributed by atoms with Crippen molar-refractivity contribution in [2.75, 3.05) is 27.8 Å². The Morgan fingerprint density at radius 1 is 1.00 bits per heavy atom. The number of nitrogens with one attached hydrogen (secondary N) is 3. The van der Waals surface area contributed by atoms with Crippen molar-refractivity contribution in [1.82, 2.24) is 15.0 Å². The number of benzene rings is 3. The minimum Gasteiger partial charge on any atom is -0.497 e. The Morgan fingerprint density at radius 2 is 1.74 bits per heavy atom. The number of hydrogen-bond donors (Lipinski definition) is 3. The molecule has 1 heterocycles. The van der Waals surface area contributed by atoms with E-state index in [-0.39, 0.29) is 22.1 Å². The molecule has 0 saturated heterocycles. The van der Waals surface area contributed by atoms with Crippen molar-refractivity contribution >= 4 is 26.8 Å². The minimum atomic E-state index is -3.81. The number of aromatic amines is 1. The lowest BCUT2D eigenvalue weighted by Crippen LogP contribution is -2.29. The Morgan fingerprint density at radius 3 is 2.43 bits per heavy atom. The Hall–Kier alpha value is -3.82. The van der Waals surface area contributed by atoms with Crippen LogP contribution in [0.1, 0.15) is 27.4 Å². The zero-order chi connectivity index (χ0) is 25.0. The van der Waals surface area contributed by atoms with Crippen LogP contribution < -0.4 is 19.5 Å². The summed E-state index contributed by atoms with van der Waals surface area (Å²) in [6, 6.07) is 20.0. The highest BCUT2D eigenvalue weighted by Gasteiger charge is 2.22. The first-order valence-corrected chi connectivity index (χ1v) is 12.5. The lowest BCUT2D eigenvalue weighted by Gasteiger charge is -2.19. The Labute approximate surface area is 204 Å². The summed E-state index contributed by atoms with van der Waals surface area (Å²) in [7, 11) is 0.493. The topological polar surface area (TPSA) is 110 Å². The van der Waals surface area contributed by atoms with Crippen molar-refractivity contribution in [2.24, 2.45) is 0 Å². The van der Waals surface area contributed by atoms with Crippen LogP contribution in [0.5, 0.6) is 11.5 Å². The van der Waals surface area contributed by atoms with Gasteiger partial charge in [-0.1, -0.05) is 30.3 Å². The maximum Gasteiger partial charge on any atom is 0.251 e. The Balaban J connectivity index is 1.65. The zero-order valence-corrected chi connectivity index (χ0v) is 20.5. The van der Waals surface area contributed by atoms with E-state index in [1.807, 2.05) is 54.7 Å². The number of carbonyl (C=O) groups is 1. The van der Waals surface area contributed by atoms with Crippen LogP contribution in [0.2, 0.25) is 0 Å². The number of H-pyrrole nitrogens is 1. The lowest BCUT2D eigenvalue weighted by atomic mass is 9.90. The molecule has 0 aliphatic heterocycles. The molecule has 3 aromatic carbocycles. The molecular weight excluding hydrogens is 466 g/mol. The van der Waals surface area contributed by atoms with Crippen molar-refractivity contribution in [3.05, 3.63) is 89.6 Å². The van der Waals surface area contributed by atoms with Crippen molar-refractivity contribution in [3.8, 4) is 11.5 Å². The van der Waals surface area contributed by atoms with Crippen molar-refractivity contribution in [2.45, 2.75) is 10.8 Å². The number of para-hydroxylation sites is 1. The summed E-state index contributed by atoms with van der Waals surface area (Å²) in [5, 5.41) is 4.04. The van der Waals surface area contributed by atoms with Gasteiger partial charge in [0.25, 0.3) is 5.91 Å². The van der Waals surface area contributed by atoms with Gasteiger partial charge in [0.2, 0.25) is 10.0 Å². The van der Waals surface area contributed by atoms with E-state index in [1.54, 1.807) is 7.11 Å². The fourth-order valence-corrected chi connectivity index (χ4v) is 4.98. The van der Waals surface area contributed by atoms with Crippen LogP contribution in [0.4, 0.5) is 0 Å². The molecule has 9 heteroatoms. The summed E-state index contributed by atoms with van der Waals surface area (Å²) in [6.45, 7) is 0.299. The first-order valence-electron chi connectivity index (χ1n) is 11.0. The van der Waals surface area contributed by atoms with Crippen molar-refractivity contribution in [1.29, 1.82) is 0 Å². The first-order chi connectivity index (χ1) is 16.9. The summed E-state index contributed by atoms with van der Waals surface area (Å²) in [5.74, 6) is 0.357. The molecule has 35 heavy (non-hydrogen) atoms. The Kier molecular flexibility index (Phi) is 7.09. The number of hydrogen-bond acceptors (Lipinski definition) is 5. The molecule has 4 rings (SSSR count). The van der Waals surface area contributed by atoms with Crippen LogP contribution in [-0.2, 0) is 10.0 Å². The van der Waals surface area contributed by atoms with Crippen LogP contribution in [0.25, 0.3) is 10.9 Å². The predicted molar refractivity (Wildman–Crippen MR) is 135 cm³/mol. The van der Waals surface area contributed by atoms with Gasteiger partial charge in [-0.2, -0.15) is 0 Å². The minimum absolute atomic E-state index is 0.0986. The highest BCUT2D eigenvalue weighted by Crippen LogP contribution is 2.32. The van der Waals surface area contributed by atoms with E-state index >= 15 is 0 Å². The van der Waals surface area contributed by atoms with Crippen LogP contribution in [0.3, 0.4) is 0 Å². The molecule has 1 amide bonds. The quantitative estimate of drug-likeness (QED) is 0.330. The number of sulfonamides is 1. The molecule has 182 valence electrons. The van der Waals surface area contributed by atoms with Gasteiger partial charge in [-0.3, -0.25) is 4.79 Å². The second-order valence-corrected chi connectivity index (χ2v) is 9.75. The summed E-state index contributed by atoms with van der Waals surface area (Å²) in [5.41, 5.74) is 3.26. The number of methoxy groups -OCH3 is 2. The zero-order valence-electron chi connectivity index (χ0n) is 19.7. The summed E-state index contributed by atoms with van der Waals surface area (Å²) in [6.07, 6.45) is 1.96. The van der Waals surface area contributed by atoms with E-state index in [4.69, 9.17) is 9.47 Å². The molecule has 0 radical (unpaired) electrons. The largest absolute Gasteiger partial charge is 0.497 e. The molecule has 0 bridgehead atoms. The summed E-state index contributed by atoms with van der Waals surface area (Å²) in [4.78, 5) is 16.3. The average Bonchev–Trinajstić information content (AvgIpc) is 3.32. The number of rotatable bonds is 9. The highest BCUT2D eigenvalue weighted by atomic mass is 32.2. The van der Waals surface area contributed by atoms with Crippen LogP contribution in [0.15, 0.2) is 77.8 Å². The van der Waals surface area contributed by atoms with Gasteiger partial charge >= 0.3 is 0 Å². The second kappa shape index (κ2) is 10.2. The summed E-state index contributed by atoms with van der Waals surface area (Å²) < 4.78 is 37.5. The maximum absolute atomic E-state index is 13.1. The molecule has 1 atom stereocenters.